The fourth-order valence-electron chi connectivity index (χ4n) is 2.04. The first kappa shape index (κ1) is 16.8. The lowest BCUT2D eigenvalue weighted by Gasteiger charge is -2.10. The van der Waals surface area contributed by atoms with Gasteiger partial charge in [-0.25, -0.2) is 4.68 Å². The number of hydrogen-bond donors (Lipinski definition) is 2. The minimum absolute atomic E-state index is 0.387. The Balaban J connectivity index is 1.56. The Hall–Kier alpha value is -2.02. The summed E-state index contributed by atoms with van der Waals surface area (Å²) in [6.45, 7) is 1.01. The Bertz CT molecular complexity index is 876. The van der Waals surface area contributed by atoms with E-state index < -0.39 is 0 Å². The molecule has 0 saturated heterocycles. The van der Waals surface area contributed by atoms with Crippen molar-refractivity contribution in [2.75, 3.05) is 5.43 Å². The van der Waals surface area contributed by atoms with E-state index >= 15 is 0 Å². The lowest BCUT2D eigenvalue weighted by molar-refractivity contribution is 0.306. The molecule has 3 rings (SSSR count). The van der Waals surface area contributed by atoms with Crippen LogP contribution < -0.4 is 10.2 Å². The first-order chi connectivity index (χ1) is 11.6. The smallest absolute Gasteiger partial charge is 0.214 e. The fourth-order valence-corrected chi connectivity index (χ4v) is 2.67. The zero-order valence-electron chi connectivity index (χ0n) is 12.5. The van der Waals surface area contributed by atoms with E-state index in [1.807, 2.05) is 30.3 Å². The van der Waals surface area contributed by atoms with Crippen molar-refractivity contribution in [3.63, 3.8) is 0 Å². The second kappa shape index (κ2) is 7.70. The van der Waals surface area contributed by atoms with Gasteiger partial charge in [0.25, 0.3) is 0 Å². The Kier molecular flexibility index (Phi) is 5.40. The molecule has 3 aromatic rings. The third kappa shape index (κ3) is 4.29. The van der Waals surface area contributed by atoms with Gasteiger partial charge in [-0.15, -0.1) is 0 Å². The minimum Gasteiger partial charge on any atom is -0.489 e. The molecule has 0 radical (unpaired) electrons. The van der Waals surface area contributed by atoms with E-state index in [0.717, 1.165) is 16.9 Å². The molecule has 0 aliphatic carbocycles. The van der Waals surface area contributed by atoms with Crippen LogP contribution in [0.2, 0.25) is 10.0 Å². The molecule has 0 aliphatic rings. The Morgan fingerprint density at radius 3 is 2.62 bits per heavy atom. The maximum atomic E-state index is 6.13. The van der Waals surface area contributed by atoms with Gasteiger partial charge in [-0.2, -0.15) is 5.10 Å². The number of nitrogens with one attached hydrogen (secondary N) is 2. The zero-order chi connectivity index (χ0) is 16.9. The molecule has 0 saturated carbocycles. The molecule has 0 unspecified atom stereocenters. The van der Waals surface area contributed by atoms with Crippen molar-refractivity contribution in [1.82, 2.24) is 14.9 Å². The molecule has 0 atom stereocenters. The van der Waals surface area contributed by atoms with Crippen LogP contribution in [0, 0.1) is 4.77 Å². The maximum Gasteiger partial charge on any atom is 0.214 e. The molecule has 1 heterocycles. The monoisotopic (exact) mass is 380 g/mol. The quantitative estimate of drug-likeness (QED) is 0.615. The molecule has 0 spiro atoms. The number of H-pyrrole nitrogens is 1. The van der Waals surface area contributed by atoms with Crippen LogP contribution >= 0.6 is 35.4 Å². The van der Waals surface area contributed by atoms with Gasteiger partial charge in [0, 0.05) is 15.6 Å². The van der Waals surface area contributed by atoms with Crippen molar-refractivity contribution in [2.24, 2.45) is 0 Å². The third-order valence-electron chi connectivity index (χ3n) is 3.34. The molecule has 0 bridgehead atoms. The average molecular weight is 381 g/mol. The number of rotatable bonds is 6. The van der Waals surface area contributed by atoms with E-state index in [-0.39, 0.29) is 0 Å². The SMILES string of the molecule is S=c1[nH]ncn1NCc1ccc(OCc2ccc(Cl)cc2Cl)cc1. The molecule has 0 fully saturated rings. The summed E-state index contributed by atoms with van der Waals surface area (Å²) in [5.41, 5.74) is 5.13. The van der Waals surface area contributed by atoms with Crippen molar-refractivity contribution in [3.8, 4) is 5.75 Å². The van der Waals surface area contributed by atoms with Gasteiger partial charge in [0.05, 0.1) is 6.54 Å². The predicted molar refractivity (Wildman–Crippen MR) is 97.7 cm³/mol. The van der Waals surface area contributed by atoms with E-state index in [0.29, 0.717) is 28.0 Å². The lowest BCUT2D eigenvalue weighted by atomic mass is 10.2. The summed E-state index contributed by atoms with van der Waals surface area (Å²) in [7, 11) is 0. The largest absolute Gasteiger partial charge is 0.489 e. The van der Waals surface area contributed by atoms with Gasteiger partial charge in [0.2, 0.25) is 4.77 Å². The molecule has 2 N–H and O–H groups in total. The number of halogens is 2. The van der Waals surface area contributed by atoms with Gasteiger partial charge < -0.3 is 10.2 Å². The van der Waals surface area contributed by atoms with Crippen LogP contribution in [-0.2, 0) is 13.2 Å². The van der Waals surface area contributed by atoms with Crippen molar-refractivity contribution in [1.29, 1.82) is 0 Å². The molecule has 5 nitrogen and oxygen atoms in total. The fraction of sp³-hybridized carbons (Fsp3) is 0.125. The van der Waals surface area contributed by atoms with Crippen LogP contribution in [0.1, 0.15) is 11.1 Å². The van der Waals surface area contributed by atoms with E-state index in [2.05, 4.69) is 15.6 Å². The standard InChI is InChI=1S/C16H14Cl2N4OS/c17-13-4-3-12(15(18)7-13)9-23-14-5-1-11(2-6-14)8-20-22-10-19-21-16(22)24/h1-7,10,20H,8-9H2,(H,21,24). The van der Waals surface area contributed by atoms with E-state index in [1.165, 1.54) is 0 Å². The summed E-state index contributed by atoms with van der Waals surface area (Å²) in [6.07, 6.45) is 1.59. The van der Waals surface area contributed by atoms with Crippen molar-refractivity contribution in [3.05, 3.63) is 74.7 Å². The molecule has 8 heteroatoms. The second-order valence-electron chi connectivity index (χ2n) is 5.03. The summed E-state index contributed by atoms with van der Waals surface area (Å²) in [5, 5.41) is 7.73. The average Bonchev–Trinajstić information content (AvgIpc) is 2.98. The molecule has 1 aromatic heterocycles. The molecule has 0 amide bonds. The summed E-state index contributed by atoms with van der Waals surface area (Å²) in [4.78, 5) is 0. The predicted octanol–water partition coefficient (Wildman–Crippen LogP) is 4.57. The van der Waals surface area contributed by atoms with Crippen LogP contribution in [0.5, 0.6) is 5.75 Å². The third-order valence-corrected chi connectivity index (χ3v) is 4.21. The highest BCUT2D eigenvalue weighted by Gasteiger charge is 2.03. The van der Waals surface area contributed by atoms with Crippen LogP contribution in [0.25, 0.3) is 0 Å². The highest BCUT2D eigenvalue weighted by molar-refractivity contribution is 7.71. The van der Waals surface area contributed by atoms with E-state index in [1.54, 1.807) is 23.1 Å². The number of ether oxygens (including phenoxy) is 1. The summed E-state index contributed by atoms with van der Waals surface area (Å²) in [6, 6.07) is 13.1. The highest BCUT2D eigenvalue weighted by Crippen LogP contribution is 2.22. The first-order valence-electron chi connectivity index (χ1n) is 7.13. The van der Waals surface area contributed by atoms with Crippen LogP contribution in [0.3, 0.4) is 0 Å². The Morgan fingerprint density at radius 1 is 1.17 bits per heavy atom. The number of benzene rings is 2. The lowest BCUT2D eigenvalue weighted by Crippen LogP contribution is -2.13. The summed E-state index contributed by atoms with van der Waals surface area (Å²) >= 11 is 17.1. The normalized spacial score (nSPS) is 10.6. The summed E-state index contributed by atoms with van der Waals surface area (Å²) < 4.78 is 7.93. The highest BCUT2D eigenvalue weighted by atomic mass is 35.5. The van der Waals surface area contributed by atoms with Gasteiger partial charge in [-0.05, 0) is 42.0 Å². The summed E-state index contributed by atoms with van der Waals surface area (Å²) in [5.74, 6) is 0.768. The van der Waals surface area contributed by atoms with Crippen LogP contribution in [0.4, 0.5) is 0 Å². The van der Waals surface area contributed by atoms with Crippen molar-refractivity contribution >= 4 is 35.4 Å². The van der Waals surface area contributed by atoms with Gasteiger partial charge in [-0.1, -0.05) is 41.4 Å². The van der Waals surface area contributed by atoms with Gasteiger partial charge >= 0.3 is 0 Å². The minimum atomic E-state index is 0.387. The van der Waals surface area contributed by atoms with E-state index in [4.69, 9.17) is 40.2 Å². The molecule has 124 valence electrons. The van der Waals surface area contributed by atoms with Gasteiger partial charge in [0.15, 0.2) is 0 Å². The second-order valence-corrected chi connectivity index (χ2v) is 6.27. The molecule has 0 aliphatic heterocycles. The molecular formula is C16H14Cl2N4OS. The number of aromatic amines is 1. The number of nitrogens with zero attached hydrogens (tertiary/aromatic N) is 2. The van der Waals surface area contributed by atoms with Crippen molar-refractivity contribution in [2.45, 2.75) is 13.2 Å². The molecular weight excluding hydrogens is 367 g/mol. The van der Waals surface area contributed by atoms with Gasteiger partial charge in [0.1, 0.15) is 18.7 Å². The van der Waals surface area contributed by atoms with Crippen LogP contribution in [-0.4, -0.2) is 14.9 Å². The van der Waals surface area contributed by atoms with E-state index in [9.17, 15) is 0 Å². The number of hydrogen-bond acceptors (Lipinski definition) is 4. The molecule has 2 aromatic carbocycles. The van der Waals surface area contributed by atoms with Gasteiger partial charge in [-0.3, -0.25) is 5.10 Å². The van der Waals surface area contributed by atoms with Crippen molar-refractivity contribution < 1.29 is 4.74 Å². The maximum absolute atomic E-state index is 6.13. The first-order valence-corrected chi connectivity index (χ1v) is 8.30. The van der Waals surface area contributed by atoms with Crippen LogP contribution in [0.15, 0.2) is 48.8 Å². The Morgan fingerprint density at radius 2 is 1.96 bits per heavy atom. The zero-order valence-corrected chi connectivity index (χ0v) is 14.8. The molecule has 24 heavy (non-hydrogen) atoms. The topological polar surface area (TPSA) is 54.9 Å². The number of aromatic nitrogens is 3. The Labute approximate surface area is 154 Å².